The maximum Gasteiger partial charge on any atom is 0.243 e. The van der Waals surface area contributed by atoms with Crippen molar-refractivity contribution in [3.63, 3.8) is 0 Å². The predicted molar refractivity (Wildman–Crippen MR) is 109 cm³/mol. The number of carbonyl (C=O) groups excluding carboxylic acids is 4. The molecule has 1 aliphatic heterocycles. The number of fused-ring (bicyclic) bond motifs is 1. The van der Waals surface area contributed by atoms with Crippen LogP contribution in [0.3, 0.4) is 0 Å². The summed E-state index contributed by atoms with van der Waals surface area (Å²) in [6.45, 7) is 2.02. The van der Waals surface area contributed by atoms with Crippen LogP contribution in [-0.4, -0.2) is 53.6 Å². The van der Waals surface area contributed by atoms with Gasteiger partial charge in [-0.2, -0.15) is 0 Å². The molecule has 4 amide bonds. The largest absolute Gasteiger partial charge is 0.336 e. The van der Waals surface area contributed by atoms with Crippen LogP contribution < -0.4 is 5.32 Å². The lowest BCUT2D eigenvalue weighted by molar-refractivity contribution is -0.141. The minimum absolute atomic E-state index is 0.0340. The Bertz CT molecular complexity index is 783. The number of nitrogens with zero attached hydrogens (tertiary/aromatic N) is 2. The topological polar surface area (TPSA) is 86.8 Å². The first-order valence-corrected chi connectivity index (χ1v) is 10.4. The van der Waals surface area contributed by atoms with Crippen molar-refractivity contribution in [2.24, 2.45) is 11.8 Å². The molecule has 1 aromatic rings. The zero-order chi connectivity index (χ0) is 21.0. The summed E-state index contributed by atoms with van der Waals surface area (Å²) in [5.41, 5.74) is 1.78. The second-order valence-electron chi connectivity index (χ2n) is 7.88. The van der Waals surface area contributed by atoms with Gasteiger partial charge < -0.3 is 10.2 Å². The first kappa shape index (κ1) is 21.0. The van der Waals surface area contributed by atoms with Crippen molar-refractivity contribution in [3.8, 4) is 0 Å². The van der Waals surface area contributed by atoms with E-state index in [9.17, 15) is 19.2 Å². The average Bonchev–Trinajstić information content (AvgIpc) is 2.97. The molecule has 0 radical (unpaired) electrons. The number of hydrogen-bond donors (Lipinski definition) is 1. The molecule has 3 rings (SSSR count). The quantitative estimate of drug-likeness (QED) is 0.712. The zero-order valence-corrected chi connectivity index (χ0v) is 17.1. The summed E-state index contributed by atoms with van der Waals surface area (Å²) in [4.78, 5) is 52.3. The third kappa shape index (κ3) is 4.66. The monoisotopic (exact) mass is 399 g/mol. The molecule has 29 heavy (non-hydrogen) atoms. The minimum atomic E-state index is -0.277. The van der Waals surface area contributed by atoms with Crippen LogP contribution in [0.5, 0.6) is 0 Å². The Hall–Kier alpha value is -2.70. The molecule has 0 bridgehead atoms. The molecule has 1 heterocycles. The van der Waals surface area contributed by atoms with Gasteiger partial charge in [0.2, 0.25) is 23.6 Å². The van der Waals surface area contributed by atoms with Gasteiger partial charge in [-0.15, -0.1) is 0 Å². The van der Waals surface area contributed by atoms with Crippen molar-refractivity contribution in [3.05, 3.63) is 29.8 Å². The molecule has 1 aliphatic carbocycles. The number of likely N-dealkylation sites (tertiary alicyclic amines) is 1. The molecular weight excluding hydrogens is 370 g/mol. The number of nitrogens with one attached hydrogen (secondary N) is 1. The Kier molecular flexibility index (Phi) is 6.67. The van der Waals surface area contributed by atoms with E-state index >= 15 is 0 Å². The number of para-hydroxylation sites is 1. The van der Waals surface area contributed by atoms with Gasteiger partial charge in [0.1, 0.15) is 0 Å². The molecule has 1 aromatic carbocycles. The summed E-state index contributed by atoms with van der Waals surface area (Å²) < 4.78 is 0. The highest BCUT2D eigenvalue weighted by molar-refractivity contribution is 6.05. The van der Waals surface area contributed by atoms with Gasteiger partial charge in [0.15, 0.2) is 0 Å². The van der Waals surface area contributed by atoms with E-state index < -0.39 is 0 Å². The lowest BCUT2D eigenvalue weighted by Gasteiger charge is -2.20. The Labute approximate surface area is 171 Å². The van der Waals surface area contributed by atoms with Gasteiger partial charge in [0.25, 0.3) is 0 Å². The number of benzene rings is 1. The molecular formula is C22H29N3O4. The van der Waals surface area contributed by atoms with Crippen LogP contribution in [0.25, 0.3) is 0 Å². The Morgan fingerprint density at radius 2 is 1.72 bits per heavy atom. The number of likely N-dealkylation sites (N-methyl/N-ethyl adjacent to an activating group) is 1. The van der Waals surface area contributed by atoms with E-state index in [-0.39, 0.29) is 55.0 Å². The molecule has 2 aliphatic rings. The number of anilines is 1. The Balaban J connectivity index is 1.50. The normalized spacial score (nSPS) is 21.1. The van der Waals surface area contributed by atoms with Gasteiger partial charge in [-0.1, -0.05) is 38.0 Å². The number of rotatable bonds is 7. The smallest absolute Gasteiger partial charge is 0.243 e. The highest BCUT2D eigenvalue weighted by atomic mass is 16.2. The predicted octanol–water partition coefficient (Wildman–Crippen LogP) is 2.21. The van der Waals surface area contributed by atoms with E-state index in [1.807, 2.05) is 31.2 Å². The minimum Gasteiger partial charge on any atom is -0.336 e. The third-order valence-electron chi connectivity index (χ3n) is 5.96. The van der Waals surface area contributed by atoms with Crippen LogP contribution in [0.15, 0.2) is 24.3 Å². The molecule has 2 atom stereocenters. The highest BCUT2D eigenvalue weighted by Gasteiger charge is 2.47. The molecule has 1 N–H and O–H groups in total. The summed E-state index contributed by atoms with van der Waals surface area (Å²) in [5, 5.41) is 2.84. The van der Waals surface area contributed by atoms with E-state index in [1.165, 1.54) is 9.80 Å². The number of imide groups is 1. The number of carbonyl (C=O) groups is 4. The summed E-state index contributed by atoms with van der Waals surface area (Å²) >= 11 is 0. The lowest BCUT2D eigenvalue weighted by atomic mass is 9.81. The summed E-state index contributed by atoms with van der Waals surface area (Å²) in [6.07, 6.45) is 4.31. The first-order chi connectivity index (χ1) is 13.9. The molecule has 7 heteroatoms. The Morgan fingerprint density at radius 3 is 2.34 bits per heavy atom. The molecule has 156 valence electrons. The van der Waals surface area contributed by atoms with Crippen LogP contribution in [0.4, 0.5) is 5.69 Å². The van der Waals surface area contributed by atoms with E-state index in [0.29, 0.717) is 0 Å². The maximum absolute atomic E-state index is 12.5. The van der Waals surface area contributed by atoms with E-state index in [4.69, 9.17) is 0 Å². The van der Waals surface area contributed by atoms with Crippen molar-refractivity contribution < 1.29 is 19.2 Å². The second-order valence-corrected chi connectivity index (χ2v) is 7.88. The van der Waals surface area contributed by atoms with Crippen LogP contribution in [0.2, 0.25) is 0 Å². The Morgan fingerprint density at radius 1 is 1.10 bits per heavy atom. The van der Waals surface area contributed by atoms with Crippen molar-refractivity contribution in [1.82, 2.24) is 9.80 Å². The summed E-state index contributed by atoms with van der Waals surface area (Å²) in [6, 6.07) is 7.56. The fourth-order valence-corrected chi connectivity index (χ4v) is 4.29. The van der Waals surface area contributed by atoms with Gasteiger partial charge in [0, 0.05) is 25.7 Å². The number of aryl methyl sites for hydroxylation is 1. The molecule has 0 aromatic heterocycles. The van der Waals surface area contributed by atoms with Gasteiger partial charge in [-0.25, -0.2) is 0 Å². The van der Waals surface area contributed by atoms with Gasteiger partial charge in [0.05, 0.1) is 18.4 Å². The average molecular weight is 399 g/mol. The van der Waals surface area contributed by atoms with Crippen LogP contribution in [0.1, 0.15) is 44.6 Å². The fourth-order valence-electron chi connectivity index (χ4n) is 4.29. The van der Waals surface area contributed by atoms with Crippen molar-refractivity contribution in [1.29, 1.82) is 0 Å². The third-order valence-corrected chi connectivity index (χ3v) is 5.96. The number of hydrogen-bond acceptors (Lipinski definition) is 4. The van der Waals surface area contributed by atoms with E-state index in [1.54, 1.807) is 7.05 Å². The van der Waals surface area contributed by atoms with Crippen molar-refractivity contribution in [2.75, 3.05) is 25.5 Å². The summed E-state index contributed by atoms with van der Waals surface area (Å²) in [7, 11) is 1.56. The van der Waals surface area contributed by atoms with Crippen molar-refractivity contribution >= 4 is 29.3 Å². The molecule has 0 spiro atoms. The number of amides is 4. The SMILES string of the molecule is CCc1ccccc1NC(=O)CN(C)C(=O)CCN1C(=O)[C@@H]2CCCC[C@H]2C1=O. The fraction of sp³-hybridized carbons (Fsp3) is 0.545. The van der Waals surface area contributed by atoms with Crippen LogP contribution in [0, 0.1) is 11.8 Å². The van der Waals surface area contributed by atoms with Crippen LogP contribution >= 0.6 is 0 Å². The van der Waals surface area contributed by atoms with E-state index in [2.05, 4.69) is 5.32 Å². The van der Waals surface area contributed by atoms with Gasteiger partial charge in [-0.05, 0) is 30.9 Å². The standard InChI is InChI=1S/C22H29N3O4/c1-3-15-8-4-7-11-18(15)23-19(26)14-24(2)20(27)12-13-25-21(28)16-9-5-6-10-17(16)22(25)29/h4,7-8,11,16-17H,3,5-6,9-10,12-14H2,1-2H3,(H,23,26)/t16-,17-/m1/s1. The van der Waals surface area contributed by atoms with E-state index in [0.717, 1.165) is 43.4 Å². The molecule has 1 saturated heterocycles. The lowest BCUT2D eigenvalue weighted by Crippen LogP contribution is -2.38. The second kappa shape index (κ2) is 9.20. The van der Waals surface area contributed by atoms with Crippen molar-refractivity contribution in [2.45, 2.75) is 45.4 Å². The molecule has 1 saturated carbocycles. The molecule has 2 fully saturated rings. The molecule has 7 nitrogen and oxygen atoms in total. The summed E-state index contributed by atoms with van der Waals surface area (Å²) in [5.74, 6) is -1.21. The van der Waals surface area contributed by atoms with Crippen LogP contribution in [-0.2, 0) is 25.6 Å². The first-order valence-electron chi connectivity index (χ1n) is 10.4. The highest BCUT2D eigenvalue weighted by Crippen LogP contribution is 2.37. The molecule has 0 unspecified atom stereocenters. The van der Waals surface area contributed by atoms with Gasteiger partial charge >= 0.3 is 0 Å². The maximum atomic E-state index is 12.5. The van der Waals surface area contributed by atoms with Gasteiger partial charge in [-0.3, -0.25) is 24.1 Å². The zero-order valence-electron chi connectivity index (χ0n) is 17.1.